The molecule has 0 aliphatic rings. The lowest BCUT2D eigenvalue weighted by atomic mass is 10.0. The lowest BCUT2D eigenvalue weighted by molar-refractivity contribution is 1.61. The highest BCUT2D eigenvalue weighted by atomic mass is 14.6. The van der Waals surface area contributed by atoms with Crippen LogP contribution >= 0.6 is 0 Å². The van der Waals surface area contributed by atoms with Gasteiger partial charge in [0.2, 0.25) is 0 Å². The summed E-state index contributed by atoms with van der Waals surface area (Å²) in [5.74, 6) is 0. The molecule has 3 aromatic carbocycles. The monoisotopic (exact) mass is 292 g/mol. The van der Waals surface area contributed by atoms with Crippen molar-refractivity contribution >= 4 is 22.7 Å². The largest absolute Gasteiger partial charge is 0.399 e. The molecule has 0 aromatic heterocycles. The highest BCUT2D eigenvalue weighted by molar-refractivity contribution is 5.70. The number of hydrogen-bond acceptors (Lipinski definition) is 4. The number of nitrogens with two attached hydrogens (primary N) is 4. The van der Waals surface area contributed by atoms with Gasteiger partial charge >= 0.3 is 0 Å². The normalized spacial score (nSPS) is 9.64. The Morgan fingerprint density at radius 1 is 0.409 bits per heavy atom. The van der Waals surface area contributed by atoms with Crippen molar-refractivity contribution in [1.29, 1.82) is 0 Å². The molecule has 0 bridgehead atoms. The molecule has 0 aliphatic carbocycles. The Morgan fingerprint density at radius 3 is 1.09 bits per heavy atom. The first-order chi connectivity index (χ1) is 10.5. The average molecular weight is 292 g/mol. The Bertz CT molecular complexity index is 672. The van der Waals surface area contributed by atoms with E-state index in [2.05, 4.69) is 0 Å². The third-order valence-corrected chi connectivity index (χ3v) is 3.04. The summed E-state index contributed by atoms with van der Waals surface area (Å²) in [4.78, 5) is 0. The van der Waals surface area contributed by atoms with Crippen LogP contribution in [0.5, 0.6) is 0 Å². The summed E-state index contributed by atoms with van der Waals surface area (Å²) in [5, 5.41) is 0. The van der Waals surface area contributed by atoms with Crippen molar-refractivity contribution in [1.82, 2.24) is 0 Å². The van der Waals surface area contributed by atoms with Crippen molar-refractivity contribution in [3.05, 3.63) is 72.8 Å². The minimum absolute atomic E-state index is 0.749. The molecular formula is C18H20N4. The van der Waals surface area contributed by atoms with Crippen LogP contribution in [0.1, 0.15) is 0 Å². The molecule has 8 N–H and O–H groups in total. The summed E-state index contributed by atoms with van der Waals surface area (Å²) in [6, 6.07) is 22.6. The van der Waals surface area contributed by atoms with E-state index in [9.17, 15) is 0 Å². The number of anilines is 4. The highest BCUT2D eigenvalue weighted by Crippen LogP contribution is 2.22. The van der Waals surface area contributed by atoms with Crippen LogP contribution in [-0.4, -0.2) is 0 Å². The van der Waals surface area contributed by atoms with Gasteiger partial charge in [-0.25, -0.2) is 0 Å². The first kappa shape index (κ1) is 15.3. The van der Waals surface area contributed by atoms with Gasteiger partial charge in [0.1, 0.15) is 0 Å². The van der Waals surface area contributed by atoms with Gasteiger partial charge in [-0.1, -0.05) is 24.3 Å². The number of nitrogen functional groups attached to an aromatic ring is 4. The maximum absolute atomic E-state index is 5.70. The first-order valence-electron chi connectivity index (χ1n) is 6.87. The molecule has 0 atom stereocenters. The molecule has 3 aromatic rings. The van der Waals surface area contributed by atoms with Crippen LogP contribution in [0, 0.1) is 0 Å². The summed E-state index contributed by atoms with van der Waals surface area (Å²) in [5.41, 5.74) is 27.4. The molecule has 0 heterocycles. The summed E-state index contributed by atoms with van der Waals surface area (Å²) >= 11 is 0. The van der Waals surface area contributed by atoms with Gasteiger partial charge in [0.05, 0.1) is 0 Å². The molecule has 0 amide bonds. The van der Waals surface area contributed by atoms with Crippen LogP contribution in [-0.2, 0) is 0 Å². The van der Waals surface area contributed by atoms with Crippen LogP contribution < -0.4 is 22.9 Å². The molecule has 0 saturated carbocycles. The maximum atomic E-state index is 5.70. The fourth-order valence-corrected chi connectivity index (χ4v) is 1.93. The third-order valence-electron chi connectivity index (χ3n) is 3.04. The van der Waals surface area contributed by atoms with Gasteiger partial charge in [0.25, 0.3) is 0 Å². The van der Waals surface area contributed by atoms with Gasteiger partial charge < -0.3 is 22.9 Å². The Kier molecular flexibility index (Phi) is 4.88. The quantitative estimate of drug-likeness (QED) is 0.516. The fraction of sp³-hybridized carbons (Fsp3) is 0. The Hall–Kier alpha value is -3.14. The zero-order valence-electron chi connectivity index (χ0n) is 12.2. The lowest BCUT2D eigenvalue weighted by Gasteiger charge is -2.03. The van der Waals surface area contributed by atoms with E-state index in [-0.39, 0.29) is 0 Å². The topological polar surface area (TPSA) is 104 Å². The summed E-state index contributed by atoms with van der Waals surface area (Å²) in [6.45, 7) is 0. The summed E-state index contributed by atoms with van der Waals surface area (Å²) < 4.78 is 0. The minimum Gasteiger partial charge on any atom is -0.399 e. The molecule has 4 nitrogen and oxygen atoms in total. The van der Waals surface area contributed by atoms with Crippen LogP contribution in [0.15, 0.2) is 72.8 Å². The van der Waals surface area contributed by atoms with Crippen molar-refractivity contribution in [2.24, 2.45) is 0 Å². The third kappa shape index (κ3) is 4.45. The zero-order chi connectivity index (χ0) is 15.9. The van der Waals surface area contributed by atoms with E-state index >= 15 is 0 Å². The highest BCUT2D eigenvalue weighted by Gasteiger charge is 1.97. The molecule has 0 saturated heterocycles. The molecular weight excluding hydrogens is 272 g/mol. The molecule has 0 fully saturated rings. The number of benzene rings is 3. The van der Waals surface area contributed by atoms with Crippen LogP contribution in [0.3, 0.4) is 0 Å². The second kappa shape index (κ2) is 7.04. The van der Waals surface area contributed by atoms with E-state index < -0.39 is 0 Å². The molecule has 0 spiro atoms. The smallest absolute Gasteiger partial charge is 0.0320 e. The van der Waals surface area contributed by atoms with E-state index in [0.717, 1.165) is 33.9 Å². The van der Waals surface area contributed by atoms with Crippen molar-refractivity contribution in [2.75, 3.05) is 22.9 Å². The molecule has 4 heteroatoms. The van der Waals surface area contributed by atoms with E-state index in [4.69, 9.17) is 22.9 Å². The zero-order valence-corrected chi connectivity index (χ0v) is 12.2. The van der Waals surface area contributed by atoms with Gasteiger partial charge in [0, 0.05) is 22.7 Å². The van der Waals surface area contributed by atoms with Gasteiger partial charge in [-0.2, -0.15) is 0 Å². The Morgan fingerprint density at radius 2 is 0.773 bits per heavy atom. The second-order valence-electron chi connectivity index (χ2n) is 4.92. The standard InChI is InChI=1S/C12H12N2.C6H8N2/c13-11-5-1-3-9(7-11)10-4-2-6-12(14)8-10;7-5-1-2-6(8)4-3-5/h1-8H,13-14H2;1-4H,7-8H2. The molecule has 0 aliphatic heterocycles. The average Bonchev–Trinajstić information content (AvgIpc) is 2.51. The van der Waals surface area contributed by atoms with E-state index in [1.807, 2.05) is 48.5 Å². The predicted octanol–water partition coefficient (Wildman–Crippen LogP) is 3.37. The maximum Gasteiger partial charge on any atom is 0.0320 e. The van der Waals surface area contributed by atoms with Crippen molar-refractivity contribution in [2.45, 2.75) is 0 Å². The van der Waals surface area contributed by atoms with Crippen molar-refractivity contribution in [3.8, 4) is 11.1 Å². The van der Waals surface area contributed by atoms with E-state index in [0.29, 0.717) is 0 Å². The van der Waals surface area contributed by atoms with Crippen LogP contribution in [0.25, 0.3) is 11.1 Å². The van der Waals surface area contributed by atoms with Gasteiger partial charge in [-0.05, 0) is 59.7 Å². The molecule has 0 unspecified atom stereocenters. The van der Waals surface area contributed by atoms with Gasteiger partial charge in [-0.15, -0.1) is 0 Å². The Labute approximate surface area is 130 Å². The lowest BCUT2D eigenvalue weighted by Crippen LogP contribution is -1.87. The Balaban J connectivity index is 0.000000188. The predicted molar refractivity (Wildman–Crippen MR) is 96.0 cm³/mol. The van der Waals surface area contributed by atoms with Crippen LogP contribution in [0.4, 0.5) is 22.7 Å². The van der Waals surface area contributed by atoms with Gasteiger partial charge in [0.15, 0.2) is 0 Å². The summed E-state index contributed by atoms with van der Waals surface area (Å²) in [7, 11) is 0. The summed E-state index contributed by atoms with van der Waals surface area (Å²) in [6.07, 6.45) is 0. The molecule has 0 radical (unpaired) electrons. The second-order valence-corrected chi connectivity index (χ2v) is 4.92. The molecule has 22 heavy (non-hydrogen) atoms. The molecule has 3 rings (SSSR count). The van der Waals surface area contributed by atoms with Gasteiger partial charge in [-0.3, -0.25) is 0 Å². The first-order valence-corrected chi connectivity index (χ1v) is 6.87. The molecule has 112 valence electrons. The van der Waals surface area contributed by atoms with Crippen molar-refractivity contribution in [3.63, 3.8) is 0 Å². The van der Waals surface area contributed by atoms with Crippen LogP contribution in [0.2, 0.25) is 0 Å². The minimum atomic E-state index is 0.749. The SMILES string of the molecule is Nc1ccc(N)cc1.Nc1cccc(-c2cccc(N)c2)c1. The number of hydrogen-bond donors (Lipinski definition) is 4. The number of rotatable bonds is 1. The van der Waals surface area contributed by atoms with E-state index in [1.54, 1.807) is 24.3 Å². The van der Waals surface area contributed by atoms with Crippen molar-refractivity contribution < 1.29 is 0 Å². The fourth-order valence-electron chi connectivity index (χ4n) is 1.93. The van der Waals surface area contributed by atoms with E-state index in [1.165, 1.54) is 0 Å².